The quantitative estimate of drug-likeness (QED) is 0.587. The van der Waals surface area contributed by atoms with Gasteiger partial charge in [-0.1, -0.05) is 6.92 Å². The third kappa shape index (κ3) is 1.89. The molecule has 1 unspecified atom stereocenters. The topological polar surface area (TPSA) is 75.4 Å². The first-order valence-corrected chi connectivity index (χ1v) is 5.46. The molecule has 1 saturated carbocycles. The molecule has 1 aliphatic heterocycles. The summed E-state index contributed by atoms with van der Waals surface area (Å²) in [6, 6.07) is 0.410. The van der Waals surface area contributed by atoms with E-state index in [-0.39, 0.29) is 23.9 Å². The molecule has 0 radical (unpaired) electrons. The lowest BCUT2D eigenvalue weighted by molar-refractivity contribution is -0.143. The molecule has 15 heavy (non-hydrogen) atoms. The Kier molecular flexibility index (Phi) is 2.75. The average molecular weight is 211 g/mol. The number of hydrogen-bond acceptors (Lipinski definition) is 4. The number of rotatable bonds is 2. The van der Waals surface area contributed by atoms with Crippen molar-refractivity contribution in [3.63, 3.8) is 0 Å². The van der Waals surface area contributed by atoms with E-state index < -0.39 is 0 Å². The van der Waals surface area contributed by atoms with Crippen molar-refractivity contribution in [2.75, 3.05) is 6.54 Å². The number of amides is 2. The van der Waals surface area contributed by atoms with Crippen LogP contribution in [-0.4, -0.2) is 41.4 Å². The van der Waals surface area contributed by atoms with Crippen molar-refractivity contribution in [2.45, 2.75) is 44.3 Å². The van der Waals surface area contributed by atoms with Crippen molar-refractivity contribution >= 4 is 11.8 Å². The zero-order valence-corrected chi connectivity index (χ0v) is 8.90. The monoisotopic (exact) mass is 211 g/mol. The lowest BCUT2D eigenvalue weighted by Crippen LogP contribution is -2.64. The predicted molar refractivity (Wildman–Crippen MR) is 54.9 cm³/mol. The van der Waals surface area contributed by atoms with Gasteiger partial charge in [0.05, 0.1) is 12.6 Å². The Hall–Kier alpha value is -0.940. The van der Waals surface area contributed by atoms with Gasteiger partial charge < -0.3 is 5.73 Å². The van der Waals surface area contributed by atoms with Gasteiger partial charge in [-0.25, -0.2) is 0 Å². The van der Waals surface area contributed by atoms with E-state index in [4.69, 9.17) is 5.73 Å². The summed E-state index contributed by atoms with van der Waals surface area (Å²) in [5, 5.41) is 2.37. The fourth-order valence-corrected chi connectivity index (χ4v) is 2.39. The number of nitrogens with two attached hydrogens (primary N) is 1. The van der Waals surface area contributed by atoms with Gasteiger partial charge in [-0.3, -0.25) is 19.8 Å². The summed E-state index contributed by atoms with van der Waals surface area (Å²) in [6.45, 7) is 2.30. The molecule has 2 rings (SSSR count). The van der Waals surface area contributed by atoms with E-state index in [0.717, 1.165) is 19.3 Å². The van der Waals surface area contributed by atoms with Crippen LogP contribution in [0, 0.1) is 0 Å². The first kappa shape index (κ1) is 10.6. The van der Waals surface area contributed by atoms with Crippen LogP contribution in [0.3, 0.4) is 0 Å². The van der Waals surface area contributed by atoms with Gasteiger partial charge in [0.1, 0.15) is 0 Å². The molecule has 84 valence electrons. The second kappa shape index (κ2) is 3.90. The summed E-state index contributed by atoms with van der Waals surface area (Å²) >= 11 is 0. The van der Waals surface area contributed by atoms with Gasteiger partial charge in [0, 0.05) is 12.1 Å². The largest absolute Gasteiger partial charge is 0.328 e. The van der Waals surface area contributed by atoms with Crippen molar-refractivity contribution in [2.24, 2.45) is 5.73 Å². The summed E-state index contributed by atoms with van der Waals surface area (Å²) in [5.74, 6) is -0.348. The van der Waals surface area contributed by atoms with Crippen LogP contribution in [0.25, 0.3) is 0 Å². The highest BCUT2D eigenvalue weighted by molar-refractivity contribution is 6.01. The first-order valence-electron chi connectivity index (χ1n) is 5.46. The van der Waals surface area contributed by atoms with E-state index >= 15 is 0 Å². The summed E-state index contributed by atoms with van der Waals surface area (Å²) < 4.78 is 0. The minimum Gasteiger partial charge on any atom is -0.328 e. The molecule has 1 aliphatic carbocycles. The molecular formula is C10H17N3O2. The maximum atomic E-state index is 11.6. The number of nitrogens with zero attached hydrogens (tertiary/aromatic N) is 1. The van der Waals surface area contributed by atoms with Crippen LogP contribution in [0.15, 0.2) is 0 Å². The van der Waals surface area contributed by atoms with Crippen molar-refractivity contribution in [3.8, 4) is 0 Å². The third-order valence-corrected chi connectivity index (χ3v) is 3.30. The normalized spacial score (nSPS) is 37.3. The Balaban J connectivity index is 2.06. The van der Waals surface area contributed by atoms with Gasteiger partial charge in [-0.05, 0) is 19.3 Å². The Bertz CT molecular complexity index is 286. The molecule has 0 aromatic rings. The van der Waals surface area contributed by atoms with Crippen molar-refractivity contribution < 1.29 is 9.59 Å². The van der Waals surface area contributed by atoms with Crippen molar-refractivity contribution in [1.82, 2.24) is 10.2 Å². The molecule has 3 N–H and O–H groups in total. The number of hydrogen-bond donors (Lipinski definition) is 2. The lowest BCUT2D eigenvalue weighted by atomic mass is 9.84. The summed E-state index contributed by atoms with van der Waals surface area (Å²) in [7, 11) is 0. The summed E-state index contributed by atoms with van der Waals surface area (Å²) in [4.78, 5) is 24.8. The Morgan fingerprint density at radius 1 is 1.47 bits per heavy atom. The maximum absolute atomic E-state index is 11.6. The number of nitrogens with one attached hydrogen (secondary N) is 1. The molecule has 2 fully saturated rings. The molecule has 1 atom stereocenters. The molecular weight excluding hydrogens is 194 g/mol. The van der Waals surface area contributed by atoms with Crippen LogP contribution < -0.4 is 11.1 Å². The molecule has 0 spiro atoms. The maximum Gasteiger partial charge on any atom is 0.243 e. The van der Waals surface area contributed by atoms with Gasteiger partial charge >= 0.3 is 0 Å². The van der Waals surface area contributed by atoms with Crippen LogP contribution in [-0.2, 0) is 9.59 Å². The Morgan fingerprint density at radius 2 is 2.13 bits per heavy atom. The van der Waals surface area contributed by atoms with Crippen LogP contribution in [0.4, 0.5) is 0 Å². The smallest absolute Gasteiger partial charge is 0.243 e. The first-order chi connectivity index (χ1) is 7.11. The zero-order valence-electron chi connectivity index (χ0n) is 8.90. The van der Waals surface area contributed by atoms with Gasteiger partial charge in [0.15, 0.2) is 0 Å². The Morgan fingerprint density at radius 3 is 2.67 bits per heavy atom. The highest BCUT2D eigenvalue weighted by Gasteiger charge is 2.41. The van der Waals surface area contributed by atoms with Crippen LogP contribution in [0.5, 0.6) is 0 Å². The van der Waals surface area contributed by atoms with Gasteiger partial charge in [-0.15, -0.1) is 0 Å². The molecule has 1 saturated heterocycles. The van der Waals surface area contributed by atoms with E-state index in [0.29, 0.717) is 12.6 Å². The predicted octanol–water partition coefficient (Wildman–Crippen LogP) is -0.787. The highest BCUT2D eigenvalue weighted by atomic mass is 16.2. The van der Waals surface area contributed by atoms with E-state index in [2.05, 4.69) is 5.32 Å². The fraction of sp³-hybridized carbons (Fsp3) is 0.800. The fourth-order valence-electron chi connectivity index (χ4n) is 2.39. The van der Waals surface area contributed by atoms with E-state index in [1.165, 1.54) is 0 Å². The summed E-state index contributed by atoms with van der Waals surface area (Å²) in [5.41, 5.74) is 5.72. The molecule has 5 heteroatoms. The van der Waals surface area contributed by atoms with Gasteiger partial charge in [0.25, 0.3) is 0 Å². The molecule has 0 aromatic heterocycles. The Labute approximate surface area is 89.0 Å². The third-order valence-electron chi connectivity index (χ3n) is 3.30. The molecule has 0 bridgehead atoms. The average Bonchev–Trinajstić information content (AvgIpc) is 2.12. The lowest BCUT2D eigenvalue weighted by Gasteiger charge is -2.45. The minimum atomic E-state index is -0.190. The van der Waals surface area contributed by atoms with Crippen molar-refractivity contribution in [1.29, 1.82) is 0 Å². The number of carbonyl (C=O) groups excluding carboxylic acids is 2. The van der Waals surface area contributed by atoms with Gasteiger partial charge in [-0.2, -0.15) is 0 Å². The zero-order chi connectivity index (χ0) is 11.0. The van der Waals surface area contributed by atoms with E-state index in [1.54, 1.807) is 0 Å². The number of imide groups is 1. The number of carbonyl (C=O) groups is 2. The van der Waals surface area contributed by atoms with E-state index in [1.807, 2.05) is 11.8 Å². The minimum absolute atomic E-state index is 0.153. The van der Waals surface area contributed by atoms with Crippen LogP contribution in [0.2, 0.25) is 0 Å². The van der Waals surface area contributed by atoms with E-state index in [9.17, 15) is 9.59 Å². The molecule has 2 aliphatic rings. The highest BCUT2D eigenvalue weighted by Crippen LogP contribution is 2.27. The molecule has 1 heterocycles. The number of piperazine rings is 1. The van der Waals surface area contributed by atoms with Crippen LogP contribution >= 0.6 is 0 Å². The summed E-state index contributed by atoms with van der Waals surface area (Å²) in [6.07, 6.45) is 2.54. The molecule has 2 amide bonds. The SMILES string of the molecule is CCC1C(=O)NC(=O)CN1C1CC(N)C1. The standard InChI is InChI=1S/C10H17N3O2/c1-2-8-10(15)12-9(14)5-13(8)7-3-6(11)4-7/h6-8H,2-5,11H2,1H3,(H,12,14,15). The molecule has 0 aromatic carbocycles. The van der Waals surface area contributed by atoms with Crippen LogP contribution in [0.1, 0.15) is 26.2 Å². The van der Waals surface area contributed by atoms with Gasteiger partial charge in [0.2, 0.25) is 11.8 Å². The second-order valence-corrected chi connectivity index (χ2v) is 4.39. The molecule has 5 nitrogen and oxygen atoms in total. The second-order valence-electron chi connectivity index (χ2n) is 4.39. The van der Waals surface area contributed by atoms with Crippen molar-refractivity contribution in [3.05, 3.63) is 0 Å².